The lowest BCUT2D eigenvalue weighted by Crippen LogP contribution is -2.25. The quantitative estimate of drug-likeness (QED) is 0.756. The molecule has 0 radical (unpaired) electrons. The van der Waals surface area contributed by atoms with Crippen LogP contribution in [0.3, 0.4) is 0 Å². The summed E-state index contributed by atoms with van der Waals surface area (Å²) in [7, 11) is 0. The molecule has 1 aromatic carbocycles. The highest BCUT2D eigenvalue weighted by Crippen LogP contribution is 2.15. The van der Waals surface area contributed by atoms with Crippen molar-refractivity contribution in [1.82, 2.24) is 5.32 Å². The number of amides is 1. The van der Waals surface area contributed by atoms with Gasteiger partial charge in [-0.2, -0.15) is 0 Å². The van der Waals surface area contributed by atoms with Gasteiger partial charge in [0.05, 0.1) is 0 Å². The molecule has 0 spiro atoms. The third-order valence-corrected chi connectivity index (χ3v) is 3.28. The standard InChI is InChI=1S/C14H18BrNO3/c1-10-9-11(15)6-7-12(10)14(19)16-8-4-2-3-5-13(17)18/h6-7,9H,2-5,8H2,1H3,(H,16,19)(H,17,18). The summed E-state index contributed by atoms with van der Waals surface area (Å²) in [5.41, 5.74) is 1.60. The van der Waals surface area contributed by atoms with E-state index in [-0.39, 0.29) is 12.3 Å². The van der Waals surface area contributed by atoms with Crippen LogP contribution >= 0.6 is 15.9 Å². The number of carbonyl (C=O) groups excluding carboxylic acids is 1. The van der Waals surface area contributed by atoms with E-state index in [0.717, 1.165) is 22.9 Å². The number of carboxylic acids is 1. The van der Waals surface area contributed by atoms with Crippen molar-refractivity contribution in [3.8, 4) is 0 Å². The first-order valence-corrected chi connectivity index (χ1v) is 7.06. The summed E-state index contributed by atoms with van der Waals surface area (Å²) < 4.78 is 0.954. The first-order chi connectivity index (χ1) is 9.00. The van der Waals surface area contributed by atoms with Crippen molar-refractivity contribution >= 4 is 27.8 Å². The van der Waals surface area contributed by atoms with Crippen LogP contribution in [0.15, 0.2) is 22.7 Å². The Balaban J connectivity index is 2.29. The summed E-state index contributed by atoms with van der Waals surface area (Å²) in [5, 5.41) is 11.3. The second-order valence-corrected chi connectivity index (χ2v) is 5.34. The van der Waals surface area contributed by atoms with E-state index in [1.165, 1.54) is 0 Å². The maximum Gasteiger partial charge on any atom is 0.303 e. The van der Waals surface area contributed by atoms with E-state index in [2.05, 4.69) is 21.2 Å². The summed E-state index contributed by atoms with van der Waals surface area (Å²) in [4.78, 5) is 22.2. The Hall–Kier alpha value is -1.36. The van der Waals surface area contributed by atoms with Gasteiger partial charge in [0.2, 0.25) is 0 Å². The SMILES string of the molecule is Cc1cc(Br)ccc1C(=O)NCCCCCC(=O)O. The summed E-state index contributed by atoms with van der Waals surface area (Å²) >= 11 is 3.36. The maximum absolute atomic E-state index is 11.9. The van der Waals surface area contributed by atoms with Crippen LogP contribution in [0.2, 0.25) is 0 Å². The predicted molar refractivity (Wildman–Crippen MR) is 77.3 cm³/mol. The number of aryl methyl sites for hydroxylation is 1. The van der Waals surface area contributed by atoms with Crippen molar-refractivity contribution in [3.63, 3.8) is 0 Å². The molecule has 0 aliphatic rings. The molecule has 0 bridgehead atoms. The molecule has 0 unspecified atom stereocenters. The summed E-state index contributed by atoms with van der Waals surface area (Å²) in [5.74, 6) is -0.849. The number of aliphatic carboxylic acids is 1. The van der Waals surface area contributed by atoms with Gasteiger partial charge in [0.1, 0.15) is 0 Å². The Labute approximate surface area is 121 Å². The molecule has 104 valence electrons. The number of rotatable bonds is 7. The van der Waals surface area contributed by atoms with Crippen LogP contribution < -0.4 is 5.32 Å². The van der Waals surface area contributed by atoms with Gasteiger partial charge < -0.3 is 10.4 Å². The highest BCUT2D eigenvalue weighted by molar-refractivity contribution is 9.10. The molecule has 1 aromatic rings. The number of unbranched alkanes of at least 4 members (excludes halogenated alkanes) is 2. The first-order valence-electron chi connectivity index (χ1n) is 6.27. The lowest BCUT2D eigenvalue weighted by atomic mass is 10.1. The maximum atomic E-state index is 11.9. The van der Waals surface area contributed by atoms with Crippen molar-refractivity contribution in [2.24, 2.45) is 0 Å². The zero-order valence-corrected chi connectivity index (χ0v) is 12.5. The Bertz CT molecular complexity index is 460. The number of hydrogen-bond donors (Lipinski definition) is 2. The third-order valence-electron chi connectivity index (χ3n) is 2.79. The van der Waals surface area contributed by atoms with E-state index in [1.807, 2.05) is 19.1 Å². The molecular formula is C14H18BrNO3. The van der Waals surface area contributed by atoms with Crippen LogP contribution in [0, 0.1) is 6.92 Å². The lowest BCUT2D eigenvalue weighted by Gasteiger charge is -2.07. The van der Waals surface area contributed by atoms with Crippen LogP contribution in [0.25, 0.3) is 0 Å². The van der Waals surface area contributed by atoms with Crippen LogP contribution in [0.1, 0.15) is 41.6 Å². The molecule has 4 nitrogen and oxygen atoms in total. The van der Waals surface area contributed by atoms with Gasteiger partial charge in [0, 0.05) is 23.0 Å². The minimum atomic E-state index is -0.769. The van der Waals surface area contributed by atoms with Crippen molar-refractivity contribution in [3.05, 3.63) is 33.8 Å². The topological polar surface area (TPSA) is 66.4 Å². The highest BCUT2D eigenvalue weighted by atomic mass is 79.9. The molecule has 0 saturated carbocycles. The molecule has 1 rings (SSSR count). The molecule has 0 atom stereocenters. The average molecular weight is 328 g/mol. The minimum absolute atomic E-state index is 0.0803. The first kappa shape index (κ1) is 15.7. The second kappa shape index (κ2) is 7.94. The molecule has 19 heavy (non-hydrogen) atoms. The number of hydrogen-bond acceptors (Lipinski definition) is 2. The van der Waals surface area contributed by atoms with Crippen molar-refractivity contribution in [2.75, 3.05) is 6.54 Å². The molecule has 2 N–H and O–H groups in total. The van der Waals surface area contributed by atoms with Crippen LogP contribution in [0.4, 0.5) is 0 Å². The van der Waals surface area contributed by atoms with Gasteiger partial charge in [-0.25, -0.2) is 0 Å². The normalized spacial score (nSPS) is 10.2. The van der Waals surface area contributed by atoms with Gasteiger partial charge in [-0.05, 0) is 43.5 Å². The molecular weight excluding hydrogens is 310 g/mol. The second-order valence-electron chi connectivity index (χ2n) is 4.42. The van der Waals surface area contributed by atoms with E-state index in [0.29, 0.717) is 18.5 Å². The summed E-state index contributed by atoms with van der Waals surface area (Å²) in [6.45, 7) is 2.47. The lowest BCUT2D eigenvalue weighted by molar-refractivity contribution is -0.137. The smallest absolute Gasteiger partial charge is 0.303 e. The number of carbonyl (C=O) groups is 2. The van der Waals surface area contributed by atoms with Gasteiger partial charge in [0.25, 0.3) is 5.91 Å². The average Bonchev–Trinajstić information content (AvgIpc) is 2.32. The Morgan fingerprint density at radius 2 is 2.00 bits per heavy atom. The van der Waals surface area contributed by atoms with E-state index in [1.54, 1.807) is 6.07 Å². The van der Waals surface area contributed by atoms with E-state index < -0.39 is 5.97 Å². The van der Waals surface area contributed by atoms with Crippen molar-refractivity contribution in [1.29, 1.82) is 0 Å². The van der Waals surface area contributed by atoms with Crippen LogP contribution in [-0.4, -0.2) is 23.5 Å². The molecule has 0 fully saturated rings. The Morgan fingerprint density at radius 3 is 2.63 bits per heavy atom. The zero-order valence-electron chi connectivity index (χ0n) is 10.9. The molecule has 0 heterocycles. The number of benzene rings is 1. The molecule has 5 heteroatoms. The molecule has 0 saturated heterocycles. The van der Waals surface area contributed by atoms with Crippen LogP contribution in [0.5, 0.6) is 0 Å². The van der Waals surface area contributed by atoms with Gasteiger partial charge in [0.15, 0.2) is 0 Å². The van der Waals surface area contributed by atoms with Gasteiger partial charge in [-0.1, -0.05) is 22.4 Å². The van der Waals surface area contributed by atoms with Crippen molar-refractivity contribution < 1.29 is 14.7 Å². The predicted octanol–water partition coefficient (Wildman–Crippen LogP) is 3.13. The Morgan fingerprint density at radius 1 is 1.26 bits per heavy atom. The number of carboxylic acid groups (broad SMARTS) is 1. The van der Waals surface area contributed by atoms with Gasteiger partial charge >= 0.3 is 5.97 Å². The largest absolute Gasteiger partial charge is 0.481 e. The van der Waals surface area contributed by atoms with Crippen LogP contribution in [-0.2, 0) is 4.79 Å². The summed E-state index contributed by atoms with van der Waals surface area (Å²) in [6.07, 6.45) is 2.46. The fourth-order valence-corrected chi connectivity index (χ4v) is 2.23. The fourth-order valence-electron chi connectivity index (χ4n) is 1.76. The zero-order chi connectivity index (χ0) is 14.3. The van der Waals surface area contributed by atoms with E-state index in [9.17, 15) is 9.59 Å². The van der Waals surface area contributed by atoms with Gasteiger partial charge in [-0.3, -0.25) is 9.59 Å². The third kappa shape index (κ3) is 5.87. The summed E-state index contributed by atoms with van der Waals surface area (Å²) in [6, 6.07) is 5.54. The molecule has 0 aromatic heterocycles. The monoisotopic (exact) mass is 327 g/mol. The molecule has 0 aliphatic heterocycles. The number of halogens is 1. The number of nitrogens with one attached hydrogen (secondary N) is 1. The van der Waals surface area contributed by atoms with Gasteiger partial charge in [-0.15, -0.1) is 0 Å². The fraction of sp³-hybridized carbons (Fsp3) is 0.429. The van der Waals surface area contributed by atoms with E-state index >= 15 is 0 Å². The van der Waals surface area contributed by atoms with Crippen molar-refractivity contribution in [2.45, 2.75) is 32.6 Å². The molecule has 1 amide bonds. The molecule has 0 aliphatic carbocycles. The Kier molecular flexibility index (Phi) is 6.56. The van der Waals surface area contributed by atoms with E-state index in [4.69, 9.17) is 5.11 Å². The highest BCUT2D eigenvalue weighted by Gasteiger charge is 2.08. The minimum Gasteiger partial charge on any atom is -0.481 e.